The van der Waals surface area contributed by atoms with Gasteiger partial charge in [0.15, 0.2) is 0 Å². The third-order valence-electron chi connectivity index (χ3n) is 2.02. The molecule has 0 spiro atoms. The summed E-state index contributed by atoms with van der Waals surface area (Å²) in [5.41, 5.74) is 0. The second kappa shape index (κ2) is 7.09. The Bertz CT molecular complexity index is 239. The highest BCUT2D eigenvalue weighted by Gasteiger charge is 2.17. The van der Waals surface area contributed by atoms with E-state index in [2.05, 4.69) is 5.32 Å². The average molecular weight is 229 g/mol. The van der Waals surface area contributed by atoms with Crippen molar-refractivity contribution in [1.29, 1.82) is 0 Å². The average Bonchev–Trinajstić information content (AvgIpc) is 2.15. The lowest BCUT2D eigenvalue weighted by Crippen LogP contribution is -2.47. The lowest BCUT2D eigenvalue weighted by Gasteiger charge is -2.24. The van der Waals surface area contributed by atoms with Crippen LogP contribution in [0.3, 0.4) is 0 Å². The Labute approximate surface area is 97.8 Å². The van der Waals surface area contributed by atoms with Gasteiger partial charge in [0.1, 0.15) is 6.54 Å². The molecule has 0 aromatic carbocycles. The van der Waals surface area contributed by atoms with E-state index < -0.39 is 0 Å². The van der Waals surface area contributed by atoms with E-state index in [1.165, 1.54) is 4.90 Å². The van der Waals surface area contributed by atoms with Crippen molar-refractivity contribution >= 4 is 11.9 Å². The van der Waals surface area contributed by atoms with Gasteiger partial charge in [-0.1, -0.05) is 6.92 Å². The maximum Gasteiger partial charge on any atom is 0.318 e. The number of amides is 3. The van der Waals surface area contributed by atoms with Gasteiger partial charge in [-0.2, -0.15) is 0 Å². The van der Waals surface area contributed by atoms with E-state index >= 15 is 0 Å². The maximum absolute atomic E-state index is 11.7. The molecule has 0 radical (unpaired) electrons. The van der Waals surface area contributed by atoms with Crippen LogP contribution in [0, 0.1) is 0 Å². The molecule has 0 atom stereocenters. The lowest BCUT2D eigenvalue weighted by molar-refractivity contribution is -0.129. The number of carbonyl (C=O) groups is 2. The van der Waals surface area contributed by atoms with E-state index in [1.54, 1.807) is 19.0 Å². The molecule has 0 bridgehead atoms. The van der Waals surface area contributed by atoms with Gasteiger partial charge in [-0.05, 0) is 20.3 Å². The quantitative estimate of drug-likeness (QED) is 0.761. The Morgan fingerprint density at radius 2 is 1.81 bits per heavy atom. The summed E-state index contributed by atoms with van der Waals surface area (Å²) >= 11 is 0. The lowest BCUT2D eigenvalue weighted by atomic mass is 10.3. The zero-order valence-electron chi connectivity index (χ0n) is 10.9. The fraction of sp³-hybridized carbons (Fsp3) is 0.818. The van der Waals surface area contributed by atoms with Crippen LogP contribution < -0.4 is 5.32 Å². The van der Waals surface area contributed by atoms with Crippen molar-refractivity contribution in [2.45, 2.75) is 33.2 Å². The predicted molar refractivity (Wildman–Crippen MR) is 64.2 cm³/mol. The van der Waals surface area contributed by atoms with Crippen LogP contribution in [0.1, 0.15) is 27.2 Å². The summed E-state index contributed by atoms with van der Waals surface area (Å²) in [6, 6.07) is -0.0895. The Balaban J connectivity index is 4.36. The van der Waals surface area contributed by atoms with E-state index in [-0.39, 0.29) is 24.5 Å². The molecule has 0 saturated heterocycles. The van der Waals surface area contributed by atoms with Crippen LogP contribution in [0.2, 0.25) is 0 Å². The highest BCUT2D eigenvalue weighted by Crippen LogP contribution is 1.96. The molecule has 0 heterocycles. The number of urea groups is 1. The van der Waals surface area contributed by atoms with Gasteiger partial charge in [-0.3, -0.25) is 4.79 Å². The normalized spacial score (nSPS) is 10.1. The highest BCUT2D eigenvalue weighted by atomic mass is 16.2. The second-order valence-corrected chi connectivity index (χ2v) is 4.31. The van der Waals surface area contributed by atoms with Crippen LogP contribution in [0.25, 0.3) is 0 Å². The molecular formula is C11H23N3O2. The third kappa shape index (κ3) is 5.58. The summed E-state index contributed by atoms with van der Waals surface area (Å²) < 4.78 is 0. The molecule has 16 heavy (non-hydrogen) atoms. The third-order valence-corrected chi connectivity index (χ3v) is 2.02. The fourth-order valence-electron chi connectivity index (χ4n) is 1.17. The molecular weight excluding hydrogens is 206 g/mol. The van der Waals surface area contributed by atoms with Gasteiger partial charge in [-0.25, -0.2) is 4.79 Å². The van der Waals surface area contributed by atoms with Crippen molar-refractivity contribution in [3.63, 3.8) is 0 Å². The summed E-state index contributed by atoms with van der Waals surface area (Å²) in [4.78, 5) is 26.3. The zero-order chi connectivity index (χ0) is 12.7. The van der Waals surface area contributed by atoms with Gasteiger partial charge in [0.05, 0.1) is 0 Å². The van der Waals surface area contributed by atoms with Gasteiger partial charge >= 0.3 is 6.03 Å². The minimum atomic E-state index is -0.174. The molecule has 0 aliphatic heterocycles. The predicted octanol–water partition coefficient (Wildman–Crippen LogP) is 0.905. The molecule has 5 heteroatoms. The van der Waals surface area contributed by atoms with Crippen molar-refractivity contribution in [2.24, 2.45) is 0 Å². The molecule has 0 aliphatic carbocycles. The fourth-order valence-corrected chi connectivity index (χ4v) is 1.17. The number of hydrogen-bond donors (Lipinski definition) is 1. The first-order valence-corrected chi connectivity index (χ1v) is 5.64. The molecule has 0 aromatic heterocycles. The van der Waals surface area contributed by atoms with E-state index in [0.717, 1.165) is 6.42 Å². The molecule has 0 saturated carbocycles. The topological polar surface area (TPSA) is 52.7 Å². The standard InChI is InChI=1S/C11H23N3O2/c1-6-7-14(8-10(15)13(4)5)11(16)12-9(2)3/h9H,6-8H2,1-5H3,(H,12,16). The zero-order valence-corrected chi connectivity index (χ0v) is 10.9. The van der Waals surface area contributed by atoms with Gasteiger partial charge in [0, 0.05) is 26.7 Å². The van der Waals surface area contributed by atoms with Crippen LogP contribution in [0.4, 0.5) is 4.79 Å². The van der Waals surface area contributed by atoms with Crippen molar-refractivity contribution in [2.75, 3.05) is 27.2 Å². The molecule has 0 unspecified atom stereocenters. The molecule has 0 fully saturated rings. The monoisotopic (exact) mass is 229 g/mol. The molecule has 1 N–H and O–H groups in total. The SMILES string of the molecule is CCCN(CC(=O)N(C)C)C(=O)NC(C)C. The van der Waals surface area contributed by atoms with Crippen LogP contribution in [-0.2, 0) is 4.79 Å². The largest absolute Gasteiger partial charge is 0.347 e. The minimum Gasteiger partial charge on any atom is -0.347 e. The molecule has 3 amide bonds. The first-order chi connectivity index (χ1) is 7.38. The van der Waals surface area contributed by atoms with Gasteiger partial charge in [-0.15, -0.1) is 0 Å². The molecule has 5 nitrogen and oxygen atoms in total. The number of rotatable bonds is 5. The maximum atomic E-state index is 11.7. The number of nitrogens with one attached hydrogen (secondary N) is 1. The van der Waals surface area contributed by atoms with Crippen LogP contribution >= 0.6 is 0 Å². The first kappa shape index (κ1) is 14.7. The van der Waals surface area contributed by atoms with Crippen molar-refractivity contribution in [1.82, 2.24) is 15.1 Å². The van der Waals surface area contributed by atoms with E-state index in [9.17, 15) is 9.59 Å². The Morgan fingerprint density at radius 1 is 1.25 bits per heavy atom. The highest BCUT2D eigenvalue weighted by molar-refractivity contribution is 5.83. The van der Waals surface area contributed by atoms with Crippen molar-refractivity contribution < 1.29 is 9.59 Å². The number of hydrogen-bond acceptors (Lipinski definition) is 2. The first-order valence-electron chi connectivity index (χ1n) is 5.64. The van der Waals surface area contributed by atoms with Gasteiger partial charge in [0.25, 0.3) is 0 Å². The van der Waals surface area contributed by atoms with Crippen LogP contribution in [0.15, 0.2) is 0 Å². The summed E-state index contributed by atoms with van der Waals surface area (Å²) in [5, 5.41) is 2.79. The van der Waals surface area contributed by atoms with E-state index in [1.807, 2.05) is 20.8 Å². The van der Waals surface area contributed by atoms with E-state index in [0.29, 0.717) is 6.54 Å². The Kier molecular flexibility index (Phi) is 6.53. The number of likely N-dealkylation sites (N-methyl/N-ethyl adjacent to an activating group) is 1. The Morgan fingerprint density at radius 3 is 2.19 bits per heavy atom. The molecule has 0 rings (SSSR count). The van der Waals surface area contributed by atoms with E-state index in [4.69, 9.17) is 0 Å². The molecule has 0 aliphatic rings. The summed E-state index contributed by atoms with van der Waals surface area (Å²) in [5.74, 6) is -0.0626. The molecule has 94 valence electrons. The van der Waals surface area contributed by atoms with Crippen molar-refractivity contribution in [3.8, 4) is 0 Å². The molecule has 0 aromatic rings. The van der Waals surface area contributed by atoms with Crippen LogP contribution in [0.5, 0.6) is 0 Å². The van der Waals surface area contributed by atoms with Crippen LogP contribution in [-0.4, -0.2) is 55.0 Å². The summed E-state index contributed by atoms with van der Waals surface area (Å²) in [6.45, 7) is 6.51. The smallest absolute Gasteiger partial charge is 0.318 e. The van der Waals surface area contributed by atoms with Gasteiger partial charge in [0.2, 0.25) is 5.91 Å². The second-order valence-electron chi connectivity index (χ2n) is 4.31. The number of carbonyl (C=O) groups excluding carboxylic acids is 2. The Hall–Kier alpha value is -1.26. The number of nitrogens with zero attached hydrogens (tertiary/aromatic N) is 2. The van der Waals surface area contributed by atoms with Crippen molar-refractivity contribution in [3.05, 3.63) is 0 Å². The minimum absolute atomic E-state index is 0.0626. The van der Waals surface area contributed by atoms with Gasteiger partial charge < -0.3 is 15.1 Å². The summed E-state index contributed by atoms with van der Waals surface area (Å²) in [7, 11) is 3.37. The summed E-state index contributed by atoms with van der Waals surface area (Å²) in [6.07, 6.45) is 0.840.